The normalized spacial score (nSPS) is 12.8. The molecule has 1 N–H and O–H groups in total. The van der Waals surface area contributed by atoms with Gasteiger partial charge in [0.1, 0.15) is 5.69 Å². The van der Waals surface area contributed by atoms with Gasteiger partial charge in [0.15, 0.2) is 10.7 Å². The molecule has 3 rings (SSSR count). The molecule has 0 aliphatic carbocycles. The maximum atomic E-state index is 12.2. The molecule has 134 valence electrons. The first-order valence-electron chi connectivity index (χ1n) is 6.34. The number of carbonyl (C=O) groups excluding carboxylic acids is 1. The van der Waals surface area contributed by atoms with Gasteiger partial charge < -0.3 is 0 Å². The highest BCUT2D eigenvalue weighted by atomic mass is 35.5. The van der Waals surface area contributed by atoms with E-state index in [-0.39, 0.29) is 5.69 Å². The van der Waals surface area contributed by atoms with Crippen LogP contribution in [0.25, 0.3) is 15.2 Å². The fourth-order valence-electron chi connectivity index (χ4n) is 2.06. The quantitative estimate of drug-likeness (QED) is 0.688. The number of thiazole rings is 1. The summed E-state index contributed by atoms with van der Waals surface area (Å²) < 4.78 is 62.7. The Labute approximate surface area is 152 Å². The van der Waals surface area contributed by atoms with E-state index in [4.69, 9.17) is 23.2 Å². The summed E-state index contributed by atoms with van der Waals surface area (Å²) in [5.74, 6) is -3.42. The van der Waals surface area contributed by atoms with Crippen LogP contribution in [0.3, 0.4) is 0 Å². The van der Waals surface area contributed by atoms with E-state index in [0.29, 0.717) is 25.2 Å². The maximum Gasteiger partial charge on any atom is 0.404 e. The van der Waals surface area contributed by atoms with Crippen LogP contribution >= 0.6 is 34.5 Å². The maximum absolute atomic E-state index is 12.2. The van der Waals surface area contributed by atoms with Crippen molar-refractivity contribution < 1.29 is 26.4 Å². The van der Waals surface area contributed by atoms with E-state index in [0.717, 1.165) is 11.3 Å². The summed E-state index contributed by atoms with van der Waals surface area (Å²) in [5.41, 5.74) is 0.226. The Morgan fingerprint density at radius 1 is 1.32 bits per heavy atom. The van der Waals surface area contributed by atoms with Crippen molar-refractivity contribution in [3.8, 4) is 0 Å². The molecule has 1 amide bonds. The second kappa shape index (κ2) is 6.01. The molecule has 2 heterocycles. The van der Waals surface area contributed by atoms with Gasteiger partial charge in [0.2, 0.25) is 10.0 Å². The lowest BCUT2D eigenvalue weighted by atomic mass is 10.3. The second-order valence-corrected chi connectivity index (χ2v) is 8.38. The van der Waals surface area contributed by atoms with Crippen LogP contribution in [-0.4, -0.2) is 35.6 Å². The third-order valence-electron chi connectivity index (χ3n) is 2.99. The number of aromatic nitrogens is 2. The second-order valence-electron chi connectivity index (χ2n) is 4.90. The molecule has 0 aliphatic heterocycles. The lowest BCUT2D eigenvalue weighted by molar-refractivity contribution is -0.106. The summed E-state index contributed by atoms with van der Waals surface area (Å²) in [6.45, 7) is 0. The average Bonchev–Trinajstić information content (AvgIpc) is 2.97. The van der Waals surface area contributed by atoms with Crippen molar-refractivity contribution in [3.05, 3.63) is 34.1 Å². The average molecular weight is 432 g/mol. The Bertz CT molecular complexity index is 1110. The molecule has 0 spiro atoms. The monoisotopic (exact) mass is 431 g/mol. The zero-order valence-corrected chi connectivity index (χ0v) is 14.9. The third kappa shape index (κ3) is 3.68. The number of halogens is 5. The molecule has 0 fully saturated rings. The molecule has 0 saturated heterocycles. The van der Waals surface area contributed by atoms with Crippen LogP contribution in [0.5, 0.6) is 0 Å². The van der Waals surface area contributed by atoms with Gasteiger partial charge in [0, 0.05) is 6.20 Å². The fraction of sp³-hybridized carbons (Fsp3) is 0.167. The zero-order chi connectivity index (χ0) is 18.6. The predicted octanol–water partition coefficient (Wildman–Crippen LogP) is 3.48. The number of benzene rings is 1. The minimum Gasteiger partial charge on any atom is -0.289 e. The van der Waals surface area contributed by atoms with Gasteiger partial charge in [-0.2, -0.15) is 13.2 Å². The van der Waals surface area contributed by atoms with Crippen molar-refractivity contribution in [1.29, 1.82) is 0 Å². The predicted molar refractivity (Wildman–Crippen MR) is 87.9 cm³/mol. The van der Waals surface area contributed by atoms with Gasteiger partial charge in [-0.1, -0.05) is 34.5 Å². The number of sulfonamides is 1. The van der Waals surface area contributed by atoms with Gasteiger partial charge >= 0.3 is 6.18 Å². The van der Waals surface area contributed by atoms with Crippen LogP contribution in [0.1, 0.15) is 10.5 Å². The molecule has 0 unspecified atom stereocenters. The molecule has 2 aromatic heterocycles. The van der Waals surface area contributed by atoms with E-state index in [2.05, 4.69) is 4.98 Å². The fourth-order valence-corrected chi connectivity index (χ4v) is 4.49. The van der Waals surface area contributed by atoms with Gasteiger partial charge in [0.25, 0.3) is 5.91 Å². The van der Waals surface area contributed by atoms with Gasteiger partial charge in [0.05, 0.1) is 20.3 Å². The highest BCUT2D eigenvalue weighted by Gasteiger charge is 2.36. The highest BCUT2D eigenvalue weighted by Crippen LogP contribution is 2.36. The summed E-state index contributed by atoms with van der Waals surface area (Å²) in [6, 6.07) is 3.16. The summed E-state index contributed by atoms with van der Waals surface area (Å²) in [7, 11) is -4.87. The number of amides is 1. The number of fused-ring (bicyclic) bond motifs is 3. The molecule has 25 heavy (non-hydrogen) atoms. The molecule has 0 bridgehead atoms. The lowest BCUT2D eigenvalue weighted by Crippen LogP contribution is -2.37. The summed E-state index contributed by atoms with van der Waals surface area (Å²) in [6.07, 6.45) is -3.76. The topological polar surface area (TPSA) is 80.5 Å². The van der Waals surface area contributed by atoms with Gasteiger partial charge in [-0.3, -0.25) is 9.20 Å². The Balaban J connectivity index is 1.95. The van der Waals surface area contributed by atoms with E-state index in [9.17, 15) is 26.4 Å². The minimum atomic E-state index is -4.97. The van der Waals surface area contributed by atoms with Crippen LogP contribution in [0, 0.1) is 0 Å². The van der Waals surface area contributed by atoms with Gasteiger partial charge in [-0.25, -0.2) is 18.1 Å². The minimum absolute atomic E-state index is 0.299. The molecule has 0 aliphatic rings. The first-order valence-corrected chi connectivity index (χ1v) is 9.56. The van der Waals surface area contributed by atoms with Crippen LogP contribution < -0.4 is 4.72 Å². The SMILES string of the molecule is O=C(NS(=O)(=O)CC(F)(F)F)c1cn2c(n1)sc1c(Cl)c(Cl)ccc12. The smallest absolute Gasteiger partial charge is 0.289 e. The largest absolute Gasteiger partial charge is 0.404 e. The number of nitrogens with zero attached hydrogens (tertiary/aromatic N) is 2. The number of hydrogen-bond donors (Lipinski definition) is 1. The number of carbonyl (C=O) groups is 1. The van der Waals surface area contributed by atoms with E-state index < -0.39 is 27.9 Å². The van der Waals surface area contributed by atoms with E-state index in [1.807, 2.05) is 0 Å². The molecule has 0 saturated carbocycles. The first kappa shape index (κ1) is 18.2. The van der Waals surface area contributed by atoms with Crippen LogP contribution in [0.4, 0.5) is 13.2 Å². The molecule has 3 aromatic rings. The summed E-state index contributed by atoms with van der Waals surface area (Å²) >= 11 is 13.1. The first-order chi connectivity index (χ1) is 11.5. The van der Waals surface area contributed by atoms with E-state index in [1.165, 1.54) is 21.4 Å². The molecular weight excluding hydrogens is 426 g/mol. The van der Waals surface area contributed by atoms with Crippen LogP contribution in [0.2, 0.25) is 10.0 Å². The van der Waals surface area contributed by atoms with E-state index >= 15 is 0 Å². The number of imidazole rings is 1. The number of nitrogens with one attached hydrogen (secondary N) is 1. The van der Waals surface area contributed by atoms with Crippen molar-refractivity contribution in [2.24, 2.45) is 0 Å². The van der Waals surface area contributed by atoms with Crippen molar-refractivity contribution in [2.45, 2.75) is 6.18 Å². The number of hydrogen-bond acceptors (Lipinski definition) is 5. The molecule has 13 heteroatoms. The standard InChI is InChI=1S/C12H6Cl2F3N3O3S2/c13-5-1-2-7-9(8(5)14)24-11-18-6(3-20(7)11)10(21)19-25(22,23)4-12(15,16)17/h1-3H,4H2,(H,19,21). The number of alkyl halides is 3. The van der Waals surface area contributed by atoms with Gasteiger partial charge in [-0.15, -0.1) is 0 Å². The molecule has 1 aromatic carbocycles. The Morgan fingerprint density at radius 2 is 2.00 bits per heavy atom. The highest BCUT2D eigenvalue weighted by molar-refractivity contribution is 7.90. The van der Waals surface area contributed by atoms with Crippen LogP contribution in [0.15, 0.2) is 18.3 Å². The Morgan fingerprint density at radius 3 is 2.64 bits per heavy atom. The van der Waals surface area contributed by atoms with Crippen LogP contribution in [-0.2, 0) is 10.0 Å². The Kier molecular flexibility index (Phi) is 4.38. The van der Waals surface area contributed by atoms with Crippen molar-refractivity contribution in [2.75, 3.05) is 5.75 Å². The van der Waals surface area contributed by atoms with E-state index in [1.54, 1.807) is 6.07 Å². The molecular formula is C12H6Cl2F3N3O3S2. The molecule has 6 nitrogen and oxygen atoms in total. The van der Waals surface area contributed by atoms with Crippen molar-refractivity contribution in [1.82, 2.24) is 14.1 Å². The number of rotatable bonds is 3. The summed E-state index contributed by atoms with van der Waals surface area (Å²) in [4.78, 5) is 16.1. The van der Waals surface area contributed by atoms with Gasteiger partial charge in [-0.05, 0) is 12.1 Å². The Hall–Kier alpha value is -1.56. The molecule has 0 radical (unpaired) electrons. The zero-order valence-electron chi connectivity index (χ0n) is 11.8. The lowest BCUT2D eigenvalue weighted by Gasteiger charge is -2.07. The van der Waals surface area contributed by atoms with Crippen molar-refractivity contribution >= 4 is 65.6 Å². The van der Waals surface area contributed by atoms with Crippen molar-refractivity contribution in [3.63, 3.8) is 0 Å². The summed E-state index contributed by atoms with van der Waals surface area (Å²) in [5, 5.41) is 0.628. The third-order valence-corrected chi connectivity index (χ3v) is 6.20. The molecule has 0 atom stereocenters.